The predicted octanol–water partition coefficient (Wildman–Crippen LogP) is 1.36. The molecule has 0 bridgehead atoms. The van der Waals surface area contributed by atoms with E-state index in [1.54, 1.807) is 10.9 Å². The van der Waals surface area contributed by atoms with Crippen molar-refractivity contribution in [3.63, 3.8) is 0 Å². The first-order valence-electron chi connectivity index (χ1n) is 5.59. The first-order chi connectivity index (χ1) is 8.16. The maximum absolute atomic E-state index is 5.92. The van der Waals surface area contributed by atoms with Crippen LogP contribution in [0.15, 0.2) is 24.7 Å². The Hall–Kier alpha value is -2.04. The lowest BCUT2D eigenvalue weighted by atomic mass is 10.2. The molecule has 0 fully saturated rings. The molecule has 0 saturated heterocycles. The van der Waals surface area contributed by atoms with Gasteiger partial charge >= 0.3 is 0 Å². The number of nitrogen functional groups attached to an aromatic ring is 1. The molecule has 2 rings (SSSR count). The van der Waals surface area contributed by atoms with Gasteiger partial charge in [-0.2, -0.15) is 5.10 Å². The molecule has 0 aliphatic rings. The number of hydrogen-bond acceptors (Lipinski definition) is 4. The Morgan fingerprint density at radius 1 is 1.47 bits per heavy atom. The summed E-state index contributed by atoms with van der Waals surface area (Å²) in [6.07, 6.45) is 6.55. The van der Waals surface area contributed by atoms with Crippen LogP contribution in [0, 0.1) is 6.92 Å². The van der Waals surface area contributed by atoms with Crippen molar-refractivity contribution in [1.82, 2.24) is 14.8 Å². The summed E-state index contributed by atoms with van der Waals surface area (Å²) in [5.41, 5.74) is 8.89. The summed E-state index contributed by atoms with van der Waals surface area (Å²) in [6, 6.07) is 1.90. The highest BCUT2D eigenvalue weighted by molar-refractivity contribution is 5.64. The standard InChI is InChI=1S/C12H17N5/c1-9-3-5-14-12(11(9)13)15-6-4-10-7-16-17(2)8-10/h3,5,7-8H,4,6,13H2,1-2H3,(H,14,15). The molecule has 0 saturated carbocycles. The van der Waals surface area contributed by atoms with Crippen LogP contribution < -0.4 is 11.1 Å². The van der Waals surface area contributed by atoms with Gasteiger partial charge < -0.3 is 11.1 Å². The van der Waals surface area contributed by atoms with Gasteiger partial charge in [0.15, 0.2) is 0 Å². The smallest absolute Gasteiger partial charge is 0.149 e. The monoisotopic (exact) mass is 231 g/mol. The van der Waals surface area contributed by atoms with E-state index in [2.05, 4.69) is 15.4 Å². The molecule has 0 spiro atoms. The third-order valence-electron chi connectivity index (χ3n) is 2.67. The summed E-state index contributed by atoms with van der Waals surface area (Å²) < 4.78 is 1.80. The topological polar surface area (TPSA) is 68.8 Å². The maximum atomic E-state index is 5.92. The first kappa shape index (κ1) is 11.4. The van der Waals surface area contributed by atoms with Gasteiger partial charge in [0.2, 0.25) is 0 Å². The van der Waals surface area contributed by atoms with Crippen LogP contribution in [-0.2, 0) is 13.5 Å². The molecule has 0 atom stereocenters. The molecule has 0 radical (unpaired) electrons. The van der Waals surface area contributed by atoms with Gasteiger partial charge in [-0.3, -0.25) is 4.68 Å². The van der Waals surface area contributed by atoms with E-state index < -0.39 is 0 Å². The average Bonchev–Trinajstić information content (AvgIpc) is 2.70. The van der Waals surface area contributed by atoms with Crippen LogP contribution in [0.5, 0.6) is 0 Å². The fraction of sp³-hybridized carbons (Fsp3) is 0.333. The third-order valence-corrected chi connectivity index (χ3v) is 2.67. The average molecular weight is 231 g/mol. The number of nitrogens with zero attached hydrogens (tertiary/aromatic N) is 3. The summed E-state index contributed by atoms with van der Waals surface area (Å²) >= 11 is 0. The van der Waals surface area contributed by atoms with Crippen LogP contribution >= 0.6 is 0 Å². The van der Waals surface area contributed by atoms with E-state index in [0.717, 1.165) is 30.0 Å². The Bertz CT molecular complexity index is 503. The van der Waals surface area contributed by atoms with Crippen molar-refractivity contribution in [3.05, 3.63) is 35.8 Å². The molecule has 0 aliphatic carbocycles. The van der Waals surface area contributed by atoms with E-state index in [1.807, 2.05) is 32.4 Å². The molecule has 17 heavy (non-hydrogen) atoms. The van der Waals surface area contributed by atoms with E-state index in [1.165, 1.54) is 5.56 Å². The minimum atomic E-state index is 0.721. The summed E-state index contributed by atoms with van der Waals surface area (Å²) in [5, 5.41) is 7.36. The number of rotatable bonds is 4. The SMILES string of the molecule is Cc1ccnc(NCCc2cnn(C)c2)c1N. The van der Waals surface area contributed by atoms with E-state index in [-0.39, 0.29) is 0 Å². The highest BCUT2D eigenvalue weighted by atomic mass is 15.2. The molecule has 2 aromatic heterocycles. The van der Waals surface area contributed by atoms with Crippen molar-refractivity contribution in [2.75, 3.05) is 17.6 Å². The lowest BCUT2D eigenvalue weighted by molar-refractivity contribution is 0.767. The van der Waals surface area contributed by atoms with Gasteiger partial charge in [-0.25, -0.2) is 4.98 Å². The van der Waals surface area contributed by atoms with Gasteiger partial charge in [0, 0.05) is 26.0 Å². The quantitative estimate of drug-likeness (QED) is 0.833. The number of anilines is 2. The van der Waals surface area contributed by atoms with Gasteiger partial charge in [0.25, 0.3) is 0 Å². The number of nitrogens with one attached hydrogen (secondary N) is 1. The number of nitrogens with two attached hydrogens (primary N) is 1. The highest BCUT2D eigenvalue weighted by Crippen LogP contribution is 2.18. The van der Waals surface area contributed by atoms with Gasteiger partial charge in [-0.05, 0) is 30.5 Å². The number of hydrogen-bond donors (Lipinski definition) is 2. The minimum Gasteiger partial charge on any atom is -0.396 e. The van der Waals surface area contributed by atoms with Crippen molar-refractivity contribution < 1.29 is 0 Å². The second-order valence-electron chi connectivity index (χ2n) is 4.09. The van der Waals surface area contributed by atoms with E-state index in [9.17, 15) is 0 Å². The largest absolute Gasteiger partial charge is 0.396 e. The van der Waals surface area contributed by atoms with Gasteiger partial charge in [-0.1, -0.05) is 0 Å². The fourth-order valence-corrected chi connectivity index (χ4v) is 1.64. The van der Waals surface area contributed by atoms with E-state index >= 15 is 0 Å². The molecular weight excluding hydrogens is 214 g/mol. The lowest BCUT2D eigenvalue weighted by Gasteiger charge is -2.08. The van der Waals surface area contributed by atoms with Crippen molar-refractivity contribution in [2.24, 2.45) is 7.05 Å². The van der Waals surface area contributed by atoms with Crippen molar-refractivity contribution in [1.29, 1.82) is 0 Å². The van der Waals surface area contributed by atoms with Crippen molar-refractivity contribution in [2.45, 2.75) is 13.3 Å². The summed E-state index contributed by atoms with van der Waals surface area (Å²) in [4.78, 5) is 4.22. The van der Waals surface area contributed by atoms with Crippen LogP contribution in [-0.4, -0.2) is 21.3 Å². The molecule has 90 valence electrons. The van der Waals surface area contributed by atoms with Gasteiger partial charge in [0.1, 0.15) is 5.82 Å². The van der Waals surface area contributed by atoms with Crippen LogP contribution in [0.4, 0.5) is 11.5 Å². The Morgan fingerprint density at radius 2 is 2.29 bits per heavy atom. The Morgan fingerprint density at radius 3 is 3.00 bits per heavy atom. The van der Waals surface area contributed by atoms with Crippen LogP contribution in [0.1, 0.15) is 11.1 Å². The normalized spacial score (nSPS) is 10.5. The van der Waals surface area contributed by atoms with Crippen molar-refractivity contribution in [3.8, 4) is 0 Å². The molecule has 0 aromatic carbocycles. The Balaban J connectivity index is 1.92. The minimum absolute atomic E-state index is 0.721. The van der Waals surface area contributed by atoms with Crippen LogP contribution in [0.2, 0.25) is 0 Å². The number of pyridine rings is 1. The molecule has 5 nitrogen and oxygen atoms in total. The predicted molar refractivity (Wildman–Crippen MR) is 68.8 cm³/mol. The molecule has 2 aromatic rings. The van der Waals surface area contributed by atoms with Crippen LogP contribution in [0.25, 0.3) is 0 Å². The molecular formula is C12H17N5. The Kier molecular flexibility index (Phi) is 3.27. The summed E-state index contributed by atoms with van der Waals surface area (Å²) in [5.74, 6) is 0.758. The fourth-order valence-electron chi connectivity index (χ4n) is 1.64. The van der Waals surface area contributed by atoms with Crippen LogP contribution in [0.3, 0.4) is 0 Å². The van der Waals surface area contributed by atoms with E-state index in [0.29, 0.717) is 0 Å². The maximum Gasteiger partial charge on any atom is 0.149 e. The lowest BCUT2D eigenvalue weighted by Crippen LogP contribution is -2.08. The molecule has 0 unspecified atom stereocenters. The second kappa shape index (κ2) is 4.86. The first-order valence-corrected chi connectivity index (χ1v) is 5.59. The zero-order valence-electron chi connectivity index (χ0n) is 10.1. The highest BCUT2D eigenvalue weighted by Gasteiger charge is 2.02. The van der Waals surface area contributed by atoms with E-state index in [4.69, 9.17) is 5.73 Å². The number of aromatic nitrogens is 3. The summed E-state index contributed by atoms with van der Waals surface area (Å²) in [7, 11) is 1.91. The third kappa shape index (κ3) is 2.75. The molecule has 2 heterocycles. The molecule has 5 heteroatoms. The Labute approximate surface area is 101 Å². The summed E-state index contributed by atoms with van der Waals surface area (Å²) in [6.45, 7) is 2.77. The molecule has 3 N–H and O–H groups in total. The number of aryl methyl sites for hydroxylation is 2. The zero-order valence-corrected chi connectivity index (χ0v) is 10.1. The van der Waals surface area contributed by atoms with Gasteiger partial charge in [-0.15, -0.1) is 0 Å². The zero-order chi connectivity index (χ0) is 12.3. The molecule has 0 amide bonds. The molecule has 0 aliphatic heterocycles. The van der Waals surface area contributed by atoms with Gasteiger partial charge in [0.05, 0.1) is 11.9 Å². The van der Waals surface area contributed by atoms with Crippen molar-refractivity contribution >= 4 is 11.5 Å². The second-order valence-corrected chi connectivity index (χ2v) is 4.09.